The van der Waals surface area contributed by atoms with Crippen molar-refractivity contribution < 1.29 is 0 Å². The predicted molar refractivity (Wildman–Crippen MR) is 90.4 cm³/mol. The van der Waals surface area contributed by atoms with Crippen LogP contribution in [0, 0.1) is 13.8 Å². The molecule has 0 spiro atoms. The lowest BCUT2D eigenvalue weighted by molar-refractivity contribution is 0.673. The van der Waals surface area contributed by atoms with E-state index in [0.717, 1.165) is 54.1 Å². The Morgan fingerprint density at radius 2 is 1.96 bits per heavy atom. The Bertz CT molecular complexity index is 843. The molecule has 4 rings (SSSR count). The van der Waals surface area contributed by atoms with E-state index in [1.54, 1.807) is 12.4 Å². The fraction of sp³-hybridized carbons (Fsp3) is 0.353. The Morgan fingerprint density at radius 3 is 2.71 bits per heavy atom. The molecule has 7 heteroatoms. The molecule has 3 aromatic heterocycles. The van der Waals surface area contributed by atoms with Crippen molar-refractivity contribution in [3.05, 3.63) is 47.9 Å². The molecule has 1 fully saturated rings. The topological polar surface area (TPSA) is 83.5 Å². The van der Waals surface area contributed by atoms with Crippen LogP contribution in [-0.2, 0) is 0 Å². The lowest BCUT2D eigenvalue weighted by atomic mass is 10.1. The van der Waals surface area contributed by atoms with Gasteiger partial charge in [0.05, 0.1) is 11.7 Å². The molecule has 0 aliphatic carbocycles. The third-order valence-electron chi connectivity index (χ3n) is 4.21. The van der Waals surface area contributed by atoms with Crippen molar-refractivity contribution >= 4 is 5.95 Å². The number of nitrogens with one attached hydrogen (secondary N) is 1. The first kappa shape index (κ1) is 14.7. The Hall–Kier alpha value is -2.83. The molecule has 1 aliphatic rings. The molecule has 7 nitrogen and oxygen atoms in total. The smallest absolute Gasteiger partial charge is 0.225 e. The minimum atomic E-state index is 0.170. The highest BCUT2D eigenvalue weighted by molar-refractivity contribution is 5.51. The summed E-state index contributed by atoms with van der Waals surface area (Å²) < 4.78 is 0. The fourth-order valence-corrected chi connectivity index (χ4v) is 3.18. The van der Waals surface area contributed by atoms with Crippen molar-refractivity contribution in [1.29, 1.82) is 0 Å². The molecule has 3 aromatic rings. The highest BCUT2D eigenvalue weighted by Gasteiger charge is 2.29. The number of hydrogen-bond donors (Lipinski definition) is 1. The minimum Gasteiger partial charge on any atom is -0.341 e. The van der Waals surface area contributed by atoms with Gasteiger partial charge in [0.1, 0.15) is 11.5 Å². The number of aromatic nitrogens is 6. The molecule has 1 aliphatic heterocycles. The SMILES string of the molecule is Cc1nc(-c2ncc(C)[nH]2)cc([C@H]2CCCN2c2ncccn2)n1. The van der Waals surface area contributed by atoms with Crippen LogP contribution in [0.4, 0.5) is 5.95 Å². The molecule has 0 saturated carbocycles. The minimum absolute atomic E-state index is 0.170. The van der Waals surface area contributed by atoms with Gasteiger partial charge in [0, 0.05) is 30.8 Å². The maximum atomic E-state index is 4.67. The zero-order chi connectivity index (χ0) is 16.5. The second-order valence-corrected chi connectivity index (χ2v) is 6.04. The summed E-state index contributed by atoms with van der Waals surface area (Å²) in [6, 6.07) is 4.03. The maximum absolute atomic E-state index is 4.67. The summed E-state index contributed by atoms with van der Waals surface area (Å²) in [6.45, 7) is 4.84. The van der Waals surface area contributed by atoms with Gasteiger partial charge in [-0.15, -0.1) is 0 Å². The lowest BCUT2D eigenvalue weighted by Gasteiger charge is -2.24. The number of aromatic amines is 1. The van der Waals surface area contributed by atoms with Gasteiger partial charge in [-0.1, -0.05) is 0 Å². The molecule has 0 amide bonds. The van der Waals surface area contributed by atoms with Crippen LogP contribution in [0.15, 0.2) is 30.7 Å². The standard InChI is InChI=1S/C17H19N7/c1-11-10-20-16(21-11)14-9-13(22-12(2)23-14)15-5-3-8-24(15)17-18-6-4-7-19-17/h4,6-7,9-10,15H,3,5,8H2,1-2H3,(H,20,21)/t15-/m1/s1. The fourth-order valence-electron chi connectivity index (χ4n) is 3.18. The first-order chi connectivity index (χ1) is 11.7. The van der Waals surface area contributed by atoms with Crippen molar-refractivity contribution in [1.82, 2.24) is 29.9 Å². The van der Waals surface area contributed by atoms with Crippen LogP contribution in [0.3, 0.4) is 0 Å². The molecule has 4 heterocycles. The van der Waals surface area contributed by atoms with E-state index in [2.05, 4.69) is 34.8 Å². The number of hydrogen-bond acceptors (Lipinski definition) is 6. The van der Waals surface area contributed by atoms with Crippen molar-refractivity contribution in [2.75, 3.05) is 11.4 Å². The zero-order valence-corrected chi connectivity index (χ0v) is 13.8. The Balaban J connectivity index is 1.72. The molecule has 0 unspecified atom stereocenters. The monoisotopic (exact) mass is 321 g/mol. The van der Waals surface area contributed by atoms with Gasteiger partial charge in [0.2, 0.25) is 5.95 Å². The van der Waals surface area contributed by atoms with Gasteiger partial charge in [0.15, 0.2) is 5.82 Å². The highest BCUT2D eigenvalue weighted by Crippen LogP contribution is 2.34. The summed E-state index contributed by atoms with van der Waals surface area (Å²) in [6.07, 6.45) is 7.50. The van der Waals surface area contributed by atoms with Gasteiger partial charge in [-0.2, -0.15) is 0 Å². The van der Waals surface area contributed by atoms with E-state index < -0.39 is 0 Å². The van der Waals surface area contributed by atoms with E-state index in [1.165, 1.54) is 0 Å². The number of nitrogens with zero attached hydrogens (tertiary/aromatic N) is 6. The molecule has 1 saturated heterocycles. The average Bonchev–Trinajstić information content (AvgIpc) is 3.24. The second kappa shape index (κ2) is 5.99. The lowest BCUT2D eigenvalue weighted by Crippen LogP contribution is -2.25. The number of anilines is 1. The summed E-state index contributed by atoms with van der Waals surface area (Å²) in [4.78, 5) is 27.8. The summed E-state index contributed by atoms with van der Waals surface area (Å²) in [5, 5.41) is 0. The largest absolute Gasteiger partial charge is 0.341 e. The van der Waals surface area contributed by atoms with E-state index >= 15 is 0 Å². The van der Waals surface area contributed by atoms with Crippen LogP contribution >= 0.6 is 0 Å². The first-order valence-electron chi connectivity index (χ1n) is 8.12. The molecular formula is C17H19N7. The number of imidazole rings is 1. The predicted octanol–water partition coefficient (Wildman–Crippen LogP) is 2.62. The van der Waals surface area contributed by atoms with Crippen LogP contribution in [0.25, 0.3) is 11.5 Å². The van der Waals surface area contributed by atoms with Gasteiger partial charge in [-0.05, 0) is 38.8 Å². The highest BCUT2D eigenvalue weighted by atomic mass is 15.3. The summed E-state index contributed by atoms with van der Waals surface area (Å²) in [5.41, 5.74) is 2.84. The Labute approximate surface area is 140 Å². The number of aryl methyl sites for hydroxylation is 2. The van der Waals surface area contributed by atoms with Crippen LogP contribution in [-0.4, -0.2) is 36.4 Å². The molecule has 0 aromatic carbocycles. The quantitative estimate of drug-likeness (QED) is 0.798. The van der Waals surface area contributed by atoms with Crippen LogP contribution < -0.4 is 4.90 Å². The summed E-state index contributed by atoms with van der Waals surface area (Å²) in [5.74, 6) is 2.28. The van der Waals surface area contributed by atoms with Crippen molar-refractivity contribution in [2.45, 2.75) is 32.7 Å². The van der Waals surface area contributed by atoms with Crippen LogP contribution in [0.5, 0.6) is 0 Å². The molecule has 0 radical (unpaired) electrons. The normalized spacial score (nSPS) is 17.4. The maximum Gasteiger partial charge on any atom is 0.225 e. The van der Waals surface area contributed by atoms with Gasteiger partial charge in [0.25, 0.3) is 0 Å². The van der Waals surface area contributed by atoms with Gasteiger partial charge >= 0.3 is 0 Å². The van der Waals surface area contributed by atoms with Gasteiger partial charge < -0.3 is 9.88 Å². The van der Waals surface area contributed by atoms with Gasteiger partial charge in [-0.25, -0.2) is 24.9 Å². The second-order valence-electron chi connectivity index (χ2n) is 6.04. The molecule has 122 valence electrons. The summed E-state index contributed by atoms with van der Waals surface area (Å²) >= 11 is 0. The van der Waals surface area contributed by atoms with E-state index in [4.69, 9.17) is 0 Å². The van der Waals surface area contributed by atoms with Crippen molar-refractivity contribution in [3.8, 4) is 11.5 Å². The van der Waals surface area contributed by atoms with Crippen molar-refractivity contribution in [3.63, 3.8) is 0 Å². The zero-order valence-electron chi connectivity index (χ0n) is 13.8. The van der Waals surface area contributed by atoms with E-state index in [9.17, 15) is 0 Å². The van der Waals surface area contributed by atoms with Crippen molar-refractivity contribution in [2.24, 2.45) is 0 Å². The summed E-state index contributed by atoms with van der Waals surface area (Å²) in [7, 11) is 0. The molecule has 0 bridgehead atoms. The number of rotatable bonds is 3. The third kappa shape index (κ3) is 2.73. The van der Waals surface area contributed by atoms with E-state index in [-0.39, 0.29) is 6.04 Å². The molecule has 1 N–H and O–H groups in total. The third-order valence-corrected chi connectivity index (χ3v) is 4.21. The average molecular weight is 321 g/mol. The first-order valence-corrected chi connectivity index (χ1v) is 8.12. The number of H-pyrrole nitrogens is 1. The Morgan fingerprint density at radius 1 is 1.12 bits per heavy atom. The molecule has 24 heavy (non-hydrogen) atoms. The van der Waals surface area contributed by atoms with Gasteiger partial charge in [-0.3, -0.25) is 0 Å². The molecular weight excluding hydrogens is 302 g/mol. The molecule has 1 atom stereocenters. The Kier molecular flexibility index (Phi) is 3.68. The van der Waals surface area contributed by atoms with E-state index in [1.807, 2.05) is 32.2 Å². The van der Waals surface area contributed by atoms with Crippen LogP contribution in [0.2, 0.25) is 0 Å². The van der Waals surface area contributed by atoms with E-state index in [0.29, 0.717) is 0 Å². The van der Waals surface area contributed by atoms with Crippen LogP contribution in [0.1, 0.15) is 36.1 Å².